The van der Waals surface area contributed by atoms with Crippen LogP contribution in [-0.4, -0.2) is 18.3 Å². The van der Waals surface area contributed by atoms with E-state index < -0.39 is 0 Å². The summed E-state index contributed by atoms with van der Waals surface area (Å²) in [6, 6.07) is 0.679. The van der Waals surface area contributed by atoms with Gasteiger partial charge in [0.25, 0.3) is 0 Å². The van der Waals surface area contributed by atoms with Crippen LogP contribution in [0, 0.1) is 5.92 Å². The van der Waals surface area contributed by atoms with E-state index in [1.165, 1.54) is 13.0 Å². The van der Waals surface area contributed by atoms with Crippen LogP contribution in [0.5, 0.6) is 0 Å². The fourth-order valence-corrected chi connectivity index (χ4v) is 1.63. The minimum atomic E-state index is 0.679. The Hall–Kier alpha value is 0.310. The molecule has 0 aliphatic carbocycles. The summed E-state index contributed by atoms with van der Waals surface area (Å²) >= 11 is 4.21. The molecule has 1 aliphatic rings. The summed E-state index contributed by atoms with van der Waals surface area (Å²) in [5.74, 6) is 1.83. The van der Waals surface area contributed by atoms with Crippen molar-refractivity contribution < 1.29 is 0 Å². The van der Waals surface area contributed by atoms with Gasteiger partial charge in [-0.05, 0) is 18.9 Å². The first kappa shape index (κ1) is 6.43. The SMILES string of the molecule is CC1CCNC1CS. The van der Waals surface area contributed by atoms with Crippen LogP contribution in [0.25, 0.3) is 0 Å². The molecule has 0 spiro atoms. The molecule has 2 unspecified atom stereocenters. The molecule has 1 saturated heterocycles. The molecule has 2 atom stereocenters. The van der Waals surface area contributed by atoms with Gasteiger partial charge in [0, 0.05) is 11.8 Å². The van der Waals surface area contributed by atoms with Gasteiger partial charge in [0.15, 0.2) is 0 Å². The van der Waals surface area contributed by atoms with Crippen LogP contribution in [0.2, 0.25) is 0 Å². The highest BCUT2D eigenvalue weighted by Crippen LogP contribution is 2.14. The van der Waals surface area contributed by atoms with Crippen molar-refractivity contribution in [2.24, 2.45) is 5.92 Å². The molecule has 1 rings (SSSR count). The summed E-state index contributed by atoms with van der Waals surface area (Å²) in [5.41, 5.74) is 0. The number of hydrogen-bond donors (Lipinski definition) is 2. The highest BCUT2D eigenvalue weighted by Gasteiger charge is 2.20. The third kappa shape index (κ3) is 1.17. The molecular weight excluding hydrogens is 118 g/mol. The van der Waals surface area contributed by atoms with Gasteiger partial charge in [-0.1, -0.05) is 6.92 Å². The minimum absolute atomic E-state index is 0.679. The van der Waals surface area contributed by atoms with E-state index in [0.29, 0.717) is 6.04 Å². The van der Waals surface area contributed by atoms with Gasteiger partial charge in [-0.25, -0.2) is 0 Å². The smallest absolute Gasteiger partial charge is 0.0181 e. The molecular formula is C6H13NS. The van der Waals surface area contributed by atoms with Crippen LogP contribution in [0.15, 0.2) is 0 Å². The second-order valence-corrected chi connectivity index (χ2v) is 2.87. The lowest BCUT2D eigenvalue weighted by Gasteiger charge is -2.10. The molecule has 0 bridgehead atoms. The molecule has 48 valence electrons. The lowest BCUT2D eigenvalue weighted by molar-refractivity contribution is 0.527. The summed E-state index contributed by atoms with van der Waals surface area (Å²) < 4.78 is 0. The standard InChI is InChI=1S/C6H13NS/c1-5-2-3-7-6(5)4-8/h5-8H,2-4H2,1H3. The van der Waals surface area contributed by atoms with Crippen LogP contribution in [0.4, 0.5) is 0 Å². The largest absolute Gasteiger partial charge is 0.313 e. The monoisotopic (exact) mass is 131 g/mol. The second kappa shape index (κ2) is 2.74. The van der Waals surface area contributed by atoms with E-state index in [0.717, 1.165) is 11.7 Å². The second-order valence-electron chi connectivity index (χ2n) is 2.51. The highest BCUT2D eigenvalue weighted by molar-refractivity contribution is 7.80. The highest BCUT2D eigenvalue weighted by atomic mass is 32.1. The summed E-state index contributed by atoms with van der Waals surface area (Å²) in [5, 5.41) is 3.38. The van der Waals surface area contributed by atoms with E-state index in [1.807, 2.05) is 0 Å². The first-order valence-electron chi connectivity index (χ1n) is 3.19. The fourth-order valence-electron chi connectivity index (χ4n) is 1.14. The molecule has 1 N–H and O–H groups in total. The number of nitrogens with one attached hydrogen (secondary N) is 1. The molecule has 0 radical (unpaired) electrons. The number of rotatable bonds is 1. The maximum atomic E-state index is 4.21. The predicted molar refractivity (Wildman–Crippen MR) is 39.4 cm³/mol. The zero-order valence-electron chi connectivity index (χ0n) is 5.22. The molecule has 8 heavy (non-hydrogen) atoms. The Morgan fingerprint density at radius 1 is 1.75 bits per heavy atom. The fraction of sp³-hybridized carbons (Fsp3) is 1.00. The molecule has 2 heteroatoms. The molecule has 0 saturated carbocycles. The molecule has 1 heterocycles. The van der Waals surface area contributed by atoms with Crippen LogP contribution < -0.4 is 5.32 Å². The molecule has 0 aromatic carbocycles. The van der Waals surface area contributed by atoms with Crippen LogP contribution in [0.3, 0.4) is 0 Å². The van der Waals surface area contributed by atoms with E-state index >= 15 is 0 Å². The Morgan fingerprint density at radius 2 is 2.50 bits per heavy atom. The lowest BCUT2D eigenvalue weighted by Crippen LogP contribution is -2.27. The Morgan fingerprint density at radius 3 is 2.75 bits per heavy atom. The maximum Gasteiger partial charge on any atom is 0.0181 e. The van der Waals surface area contributed by atoms with Gasteiger partial charge in [-0.3, -0.25) is 0 Å². The van der Waals surface area contributed by atoms with Crippen molar-refractivity contribution in [1.82, 2.24) is 5.32 Å². The number of hydrogen-bond acceptors (Lipinski definition) is 2. The number of thiol groups is 1. The maximum absolute atomic E-state index is 4.21. The molecule has 1 fully saturated rings. The van der Waals surface area contributed by atoms with Gasteiger partial charge in [0.2, 0.25) is 0 Å². The van der Waals surface area contributed by atoms with Gasteiger partial charge in [0.05, 0.1) is 0 Å². The quantitative estimate of drug-likeness (QED) is 0.504. The van der Waals surface area contributed by atoms with Crippen molar-refractivity contribution >= 4 is 12.6 Å². The summed E-state index contributed by atoms with van der Waals surface area (Å²) in [4.78, 5) is 0. The Balaban J connectivity index is 2.30. The summed E-state index contributed by atoms with van der Waals surface area (Å²) in [6.45, 7) is 3.47. The topological polar surface area (TPSA) is 12.0 Å². The van der Waals surface area contributed by atoms with E-state index in [2.05, 4.69) is 24.9 Å². The predicted octanol–water partition coefficient (Wildman–Crippen LogP) is 0.914. The van der Waals surface area contributed by atoms with Crippen molar-refractivity contribution in [3.63, 3.8) is 0 Å². The zero-order valence-corrected chi connectivity index (χ0v) is 6.12. The third-order valence-corrected chi connectivity index (χ3v) is 2.28. The minimum Gasteiger partial charge on any atom is -0.313 e. The van der Waals surface area contributed by atoms with E-state index in [1.54, 1.807) is 0 Å². The average Bonchev–Trinajstić information content (AvgIpc) is 2.14. The van der Waals surface area contributed by atoms with Gasteiger partial charge >= 0.3 is 0 Å². The van der Waals surface area contributed by atoms with Crippen molar-refractivity contribution in [1.29, 1.82) is 0 Å². The molecule has 1 nitrogen and oxygen atoms in total. The van der Waals surface area contributed by atoms with E-state index in [-0.39, 0.29) is 0 Å². The summed E-state index contributed by atoms with van der Waals surface area (Å²) in [6.07, 6.45) is 1.32. The van der Waals surface area contributed by atoms with Crippen molar-refractivity contribution in [3.8, 4) is 0 Å². The van der Waals surface area contributed by atoms with Gasteiger partial charge in [-0.2, -0.15) is 12.6 Å². The molecule has 0 amide bonds. The van der Waals surface area contributed by atoms with Crippen LogP contribution in [0.1, 0.15) is 13.3 Å². The Kier molecular flexibility index (Phi) is 2.20. The Labute approximate surface area is 56.3 Å². The molecule has 0 aromatic rings. The zero-order chi connectivity index (χ0) is 5.98. The lowest BCUT2D eigenvalue weighted by atomic mass is 10.1. The first-order valence-corrected chi connectivity index (χ1v) is 3.82. The van der Waals surface area contributed by atoms with E-state index in [9.17, 15) is 0 Å². The molecule has 0 aromatic heterocycles. The first-order chi connectivity index (χ1) is 3.84. The van der Waals surface area contributed by atoms with Gasteiger partial charge in [-0.15, -0.1) is 0 Å². The van der Waals surface area contributed by atoms with Crippen molar-refractivity contribution in [2.45, 2.75) is 19.4 Å². The van der Waals surface area contributed by atoms with Crippen LogP contribution >= 0.6 is 12.6 Å². The normalized spacial score (nSPS) is 38.2. The third-order valence-electron chi connectivity index (χ3n) is 1.89. The van der Waals surface area contributed by atoms with Gasteiger partial charge < -0.3 is 5.32 Å². The Bertz CT molecular complexity index is 74.9. The van der Waals surface area contributed by atoms with Crippen molar-refractivity contribution in [2.75, 3.05) is 12.3 Å². The van der Waals surface area contributed by atoms with Crippen molar-refractivity contribution in [3.05, 3.63) is 0 Å². The summed E-state index contributed by atoms with van der Waals surface area (Å²) in [7, 11) is 0. The molecule has 1 aliphatic heterocycles. The van der Waals surface area contributed by atoms with Gasteiger partial charge in [0.1, 0.15) is 0 Å². The average molecular weight is 131 g/mol. The van der Waals surface area contributed by atoms with Crippen LogP contribution in [-0.2, 0) is 0 Å². The van der Waals surface area contributed by atoms with E-state index in [4.69, 9.17) is 0 Å².